The van der Waals surface area contributed by atoms with E-state index in [4.69, 9.17) is 4.74 Å². The summed E-state index contributed by atoms with van der Waals surface area (Å²) in [6.07, 6.45) is -0.590. The Morgan fingerprint density at radius 3 is 2.65 bits per heavy atom. The minimum Gasteiger partial charge on any atom is -0.442 e. The number of amides is 2. The summed E-state index contributed by atoms with van der Waals surface area (Å²) in [4.78, 5) is 22.9. The van der Waals surface area contributed by atoms with Gasteiger partial charge < -0.3 is 10.1 Å². The first kappa shape index (κ1) is 14.7. The molecule has 0 fully saturated rings. The van der Waals surface area contributed by atoms with Gasteiger partial charge in [-0.15, -0.1) is 0 Å². The van der Waals surface area contributed by atoms with Gasteiger partial charge in [0.2, 0.25) is 0 Å². The summed E-state index contributed by atoms with van der Waals surface area (Å²) in [5.41, 5.74) is 4.36. The number of rotatable bonds is 3. The maximum absolute atomic E-state index is 13.1. The maximum atomic E-state index is 13.1. The number of carbonyl (C=O) groups excluding carboxylic acids is 2. The number of hydrazone groups is 1. The van der Waals surface area contributed by atoms with Crippen molar-refractivity contribution in [1.82, 2.24) is 5.43 Å². The third-order valence-electron chi connectivity index (χ3n) is 3.18. The fourth-order valence-electron chi connectivity index (χ4n) is 2.04. The van der Waals surface area contributed by atoms with Crippen LogP contribution in [0.15, 0.2) is 53.6 Å². The van der Waals surface area contributed by atoms with Crippen molar-refractivity contribution in [2.45, 2.75) is 0 Å². The fourth-order valence-corrected chi connectivity index (χ4v) is 2.04. The lowest BCUT2D eigenvalue weighted by molar-refractivity contribution is 0.102. The van der Waals surface area contributed by atoms with E-state index in [0.717, 1.165) is 5.56 Å². The molecule has 23 heavy (non-hydrogen) atoms. The van der Waals surface area contributed by atoms with Gasteiger partial charge in [0.1, 0.15) is 18.1 Å². The zero-order valence-corrected chi connectivity index (χ0v) is 11.9. The number of nitrogens with one attached hydrogen (secondary N) is 2. The van der Waals surface area contributed by atoms with Crippen molar-refractivity contribution in [2.75, 3.05) is 11.9 Å². The van der Waals surface area contributed by atoms with E-state index in [2.05, 4.69) is 15.8 Å². The summed E-state index contributed by atoms with van der Waals surface area (Å²) in [6, 6.07) is 12.3. The Morgan fingerprint density at radius 1 is 1.22 bits per heavy atom. The molecule has 0 unspecified atom stereocenters. The second-order valence-electron chi connectivity index (χ2n) is 4.79. The van der Waals surface area contributed by atoms with Gasteiger partial charge in [-0.05, 0) is 30.3 Å². The molecule has 1 aliphatic heterocycles. The summed E-state index contributed by atoms with van der Waals surface area (Å²) >= 11 is 0. The number of benzene rings is 2. The second kappa shape index (κ2) is 6.27. The summed E-state index contributed by atoms with van der Waals surface area (Å²) in [6.45, 7) is 0.0842. The van der Waals surface area contributed by atoms with Crippen LogP contribution in [0.1, 0.15) is 15.9 Å². The average molecular weight is 313 g/mol. The van der Waals surface area contributed by atoms with Gasteiger partial charge in [-0.1, -0.05) is 18.2 Å². The van der Waals surface area contributed by atoms with Crippen LogP contribution in [0, 0.1) is 5.82 Å². The van der Waals surface area contributed by atoms with Crippen molar-refractivity contribution in [1.29, 1.82) is 0 Å². The molecule has 2 N–H and O–H groups in total. The Morgan fingerprint density at radius 2 is 2.00 bits per heavy atom. The molecule has 2 amide bonds. The van der Waals surface area contributed by atoms with Gasteiger partial charge in [0.25, 0.3) is 5.91 Å². The molecule has 1 aliphatic rings. The van der Waals surface area contributed by atoms with Crippen LogP contribution in [0.2, 0.25) is 0 Å². The van der Waals surface area contributed by atoms with Gasteiger partial charge in [-0.25, -0.2) is 14.6 Å². The predicted molar refractivity (Wildman–Crippen MR) is 81.8 cm³/mol. The molecule has 2 aromatic rings. The molecule has 0 bridgehead atoms. The molecular weight excluding hydrogens is 301 g/mol. The number of ether oxygens (including phenoxy) is 1. The lowest BCUT2D eigenvalue weighted by Crippen LogP contribution is -2.30. The first-order chi connectivity index (χ1) is 11.1. The number of anilines is 1. The van der Waals surface area contributed by atoms with Gasteiger partial charge in [-0.2, -0.15) is 5.10 Å². The van der Waals surface area contributed by atoms with Crippen LogP contribution in [-0.2, 0) is 4.74 Å². The van der Waals surface area contributed by atoms with E-state index in [1.165, 1.54) is 24.3 Å². The van der Waals surface area contributed by atoms with Crippen molar-refractivity contribution in [3.63, 3.8) is 0 Å². The van der Waals surface area contributed by atoms with E-state index < -0.39 is 17.8 Å². The smallest absolute Gasteiger partial charge is 0.428 e. The largest absolute Gasteiger partial charge is 0.442 e. The van der Waals surface area contributed by atoms with Crippen LogP contribution in [0.3, 0.4) is 0 Å². The Hall–Kier alpha value is -3.22. The molecule has 7 heteroatoms. The topological polar surface area (TPSA) is 79.8 Å². The molecule has 3 rings (SSSR count). The lowest BCUT2D eigenvalue weighted by Gasteiger charge is -2.13. The van der Waals surface area contributed by atoms with Crippen LogP contribution < -0.4 is 10.7 Å². The summed E-state index contributed by atoms with van der Waals surface area (Å²) < 4.78 is 17.9. The SMILES string of the molecule is O=C1NN=C(c2ccc(NC(=O)c3cccc(F)c3)cc2)CO1. The number of carbonyl (C=O) groups is 2. The molecule has 0 aliphatic carbocycles. The maximum Gasteiger partial charge on any atom is 0.428 e. The van der Waals surface area contributed by atoms with E-state index in [1.54, 1.807) is 24.3 Å². The Balaban J connectivity index is 1.70. The molecule has 0 aromatic heterocycles. The van der Waals surface area contributed by atoms with Crippen LogP contribution in [-0.4, -0.2) is 24.3 Å². The standard InChI is InChI=1S/C16H12FN3O3/c17-12-3-1-2-11(8-12)15(21)18-13-6-4-10(5-7-13)14-9-23-16(22)20-19-14/h1-8H,9H2,(H,18,21)(H,20,22). The highest BCUT2D eigenvalue weighted by molar-refractivity contribution is 6.06. The van der Waals surface area contributed by atoms with Crippen LogP contribution in [0.4, 0.5) is 14.9 Å². The van der Waals surface area contributed by atoms with Crippen molar-refractivity contribution in [2.24, 2.45) is 5.10 Å². The van der Waals surface area contributed by atoms with Gasteiger partial charge >= 0.3 is 6.09 Å². The van der Waals surface area contributed by atoms with Gasteiger partial charge in [-0.3, -0.25) is 4.79 Å². The number of cyclic esters (lactones) is 1. The molecule has 0 radical (unpaired) electrons. The molecule has 2 aromatic carbocycles. The molecule has 6 nitrogen and oxygen atoms in total. The van der Waals surface area contributed by atoms with E-state index >= 15 is 0 Å². The van der Waals surface area contributed by atoms with Gasteiger partial charge in [0, 0.05) is 16.8 Å². The number of hydrogen-bond acceptors (Lipinski definition) is 4. The molecular formula is C16H12FN3O3. The van der Waals surface area contributed by atoms with E-state index in [-0.39, 0.29) is 12.2 Å². The first-order valence-corrected chi connectivity index (χ1v) is 6.78. The van der Waals surface area contributed by atoms with E-state index in [9.17, 15) is 14.0 Å². The molecule has 0 spiro atoms. The highest BCUT2D eigenvalue weighted by Gasteiger charge is 2.14. The van der Waals surface area contributed by atoms with Gasteiger partial charge in [0.05, 0.1) is 0 Å². The normalized spacial score (nSPS) is 13.6. The quantitative estimate of drug-likeness (QED) is 0.914. The molecule has 116 valence electrons. The van der Waals surface area contributed by atoms with Crippen molar-refractivity contribution in [3.8, 4) is 0 Å². The highest BCUT2D eigenvalue weighted by atomic mass is 19.1. The van der Waals surface area contributed by atoms with Gasteiger partial charge in [0.15, 0.2) is 0 Å². The van der Waals surface area contributed by atoms with Crippen LogP contribution >= 0.6 is 0 Å². The van der Waals surface area contributed by atoms with E-state index in [0.29, 0.717) is 11.4 Å². The zero-order chi connectivity index (χ0) is 16.2. The minimum absolute atomic E-state index is 0.0842. The Bertz CT molecular complexity index is 787. The highest BCUT2D eigenvalue weighted by Crippen LogP contribution is 2.13. The third-order valence-corrected chi connectivity index (χ3v) is 3.18. The van der Waals surface area contributed by atoms with Crippen LogP contribution in [0.25, 0.3) is 0 Å². The average Bonchev–Trinajstić information content (AvgIpc) is 2.56. The Kier molecular flexibility index (Phi) is 4.01. The number of nitrogens with zero attached hydrogens (tertiary/aromatic N) is 1. The fraction of sp³-hybridized carbons (Fsp3) is 0.0625. The summed E-state index contributed by atoms with van der Waals surface area (Å²) in [5.74, 6) is -0.867. The lowest BCUT2D eigenvalue weighted by atomic mass is 10.1. The number of hydrogen-bond donors (Lipinski definition) is 2. The van der Waals surface area contributed by atoms with Crippen molar-refractivity contribution < 1.29 is 18.7 Å². The van der Waals surface area contributed by atoms with E-state index in [1.807, 2.05) is 0 Å². The molecule has 0 saturated heterocycles. The molecule has 1 heterocycles. The first-order valence-electron chi connectivity index (χ1n) is 6.78. The van der Waals surface area contributed by atoms with Crippen LogP contribution in [0.5, 0.6) is 0 Å². The minimum atomic E-state index is -0.590. The predicted octanol–water partition coefficient (Wildman–Crippen LogP) is 2.52. The zero-order valence-electron chi connectivity index (χ0n) is 11.9. The Labute approximate surface area is 131 Å². The third kappa shape index (κ3) is 3.52. The number of halogens is 1. The molecule has 0 atom stereocenters. The monoisotopic (exact) mass is 313 g/mol. The van der Waals surface area contributed by atoms with Crippen molar-refractivity contribution >= 4 is 23.4 Å². The van der Waals surface area contributed by atoms with Crippen molar-refractivity contribution in [3.05, 3.63) is 65.5 Å². The molecule has 0 saturated carbocycles. The summed E-state index contributed by atoms with van der Waals surface area (Å²) in [5, 5.41) is 6.57. The summed E-state index contributed by atoms with van der Waals surface area (Å²) in [7, 11) is 0. The second-order valence-corrected chi connectivity index (χ2v) is 4.79.